The Kier molecular flexibility index (Phi) is 4.90. The van der Waals surface area contributed by atoms with E-state index in [-0.39, 0.29) is 0 Å². The van der Waals surface area contributed by atoms with Gasteiger partial charge in [-0.3, -0.25) is 0 Å². The molecule has 0 aromatic carbocycles. The number of alkyl halides is 3. The Morgan fingerprint density at radius 2 is 2.10 bits per heavy atom. The molecule has 1 aromatic rings. The number of nitrogens with one attached hydrogen (secondary N) is 1. The lowest BCUT2D eigenvalue weighted by Gasteiger charge is -2.22. The van der Waals surface area contributed by atoms with Gasteiger partial charge in [0.1, 0.15) is 6.54 Å². The minimum atomic E-state index is -4.19. The quantitative estimate of drug-likeness (QED) is 0.835. The van der Waals surface area contributed by atoms with Gasteiger partial charge in [0.05, 0.1) is 5.69 Å². The summed E-state index contributed by atoms with van der Waals surface area (Å²) in [7, 11) is 1.84. The molecule has 1 saturated carbocycles. The molecular formula is C13H20F3N3S. The first-order chi connectivity index (χ1) is 9.44. The zero-order valence-electron chi connectivity index (χ0n) is 11.8. The number of halogens is 3. The highest BCUT2D eigenvalue weighted by Crippen LogP contribution is 2.44. The third-order valence-corrected chi connectivity index (χ3v) is 4.28. The van der Waals surface area contributed by atoms with Crippen LogP contribution in [0.4, 0.5) is 18.3 Å². The van der Waals surface area contributed by atoms with Crippen LogP contribution in [0.2, 0.25) is 0 Å². The summed E-state index contributed by atoms with van der Waals surface area (Å²) >= 11 is 1.39. The summed E-state index contributed by atoms with van der Waals surface area (Å²) in [5.74, 6) is 0.456. The van der Waals surface area contributed by atoms with E-state index in [1.807, 2.05) is 14.0 Å². The topological polar surface area (TPSA) is 28.2 Å². The zero-order valence-corrected chi connectivity index (χ0v) is 12.6. The minimum absolute atomic E-state index is 0.385. The van der Waals surface area contributed by atoms with Crippen molar-refractivity contribution in [2.24, 2.45) is 0 Å². The summed E-state index contributed by atoms with van der Waals surface area (Å²) in [6.07, 6.45) is -1.31. The fraction of sp³-hybridized carbons (Fsp3) is 0.769. The van der Waals surface area contributed by atoms with Crippen molar-refractivity contribution in [1.29, 1.82) is 0 Å². The van der Waals surface area contributed by atoms with Crippen molar-refractivity contribution < 1.29 is 13.2 Å². The second-order valence-electron chi connectivity index (χ2n) is 5.15. The fourth-order valence-electron chi connectivity index (χ4n) is 2.18. The van der Waals surface area contributed by atoms with E-state index in [1.54, 1.807) is 0 Å². The third kappa shape index (κ3) is 4.09. The highest BCUT2D eigenvalue weighted by molar-refractivity contribution is 7.15. The standard InChI is InChI=1S/C13H20F3N3S/c1-3-6-19(8-13(14,15)16)12-18-11(9-4-5-9)10(20-12)7-17-2/h9,17H,3-8H2,1-2H3. The van der Waals surface area contributed by atoms with Crippen molar-refractivity contribution in [2.75, 3.05) is 25.0 Å². The van der Waals surface area contributed by atoms with Crippen LogP contribution in [-0.4, -0.2) is 31.3 Å². The van der Waals surface area contributed by atoms with Gasteiger partial charge in [0.2, 0.25) is 0 Å². The summed E-state index contributed by atoms with van der Waals surface area (Å²) < 4.78 is 38.0. The van der Waals surface area contributed by atoms with E-state index >= 15 is 0 Å². The molecule has 7 heteroatoms. The molecule has 1 fully saturated rings. The molecule has 1 aliphatic carbocycles. The van der Waals surface area contributed by atoms with Gasteiger partial charge in [-0.15, -0.1) is 11.3 Å². The van der Waals surface area contributed by atoms with Crippen LogP contribution >= 0.6 is 11.3 Å². The molecule has 1 N–H and O–H groups in total. The molecule has 0 bridgehead atoms. The fourth-order valence-corrected chi connectivity index (χ4v) is 3.36. The van der Waals surface area contributed by atoms with Gasteiger partial charge >= 0.3 is 6.18 Å². The number of hydrogen-bond donors (Lipinski definition) is 1. The van der Waals surface area contributed by atoms with E-state index in [0.717, 1.165) is 23.4 Å². The number of thiazole rings is 1. The van der Waals surface area contributed by atoms with Crippen LogP contribution in [-0.2, 0) is 6.54 Å². The maximum absolute atomic E-state index is 12.7. The lowest BCUT2D eigenvalue weighted by Crippen LogP contribution is -2.34. The van der Waals surface area contributed by atoms with Gasteiger partial charge in [-0.05, 0) is 26.3 Å². The third-order valence-electron chi connectivity index (χ3n) is 3.15. The predicted octanol–water partition coefficient (Wildman–Crippen LogP) is 3.52. The number of aromatic nitrogens is 1. The first-order valence-corrected chi connectivity index (χ1v) is 7.72. The van der Waals surface area contributed by atoms with Crippen LogP contribution in [0, 0.1) is 0 Å². The zero-order chi connectivity index (χ0) is 14.8. The molecule has 1 heterocycles. The summed E-state index contributed by atoms with van der Waals surface area (Å²) in [5.41, 5.74) is 1.00. The van der Waals surface area contributed by atoms with E-state index in [1.165, 1.54) is 16.2 Å². The molecule has 0 saturated heterocycles. The Hall–Kier alpha value is -0.820. The number of rotatable bonds is 7. The van der Waals surface area contributed by atoms with E-state index in [9.17, 15) is 13.2 Å². The second-order valence-corrected chi connectivity index (χ2v) is 6.21. The number of hydrogen-bond acceptors (Lipinski definition) is 4. The van der Waals surface area contributed by atoms with Gasteiger partial charge in [0, 0.05) is 23.9 Å². The number of nitrogens with zero attached hydrogens (tertiary/aromatic N) is 2. The largest absolute Gasteiger partial charge is 0.406 e. The Labute approximate surface area is 121 Å². The molecule has 20 heavy (non-hydrogen) atoms. The molecular weight excluding hydrogens is 287 g/mol. The van der Waals surface area contributed by atoms with Crippen LogP contribution in [0.3, 0.4) is 0 Å². The molecule has 0 atom stereocenters. The summed E-state index contributed by atoms with van der Waals surface area (Å²) in [6.45, 7) is 2.02. The maximum Gasteiger partial charge on any atom is 0.406 e. The minimum Gasteiger partial charge on any atom is -0.339 e. The van der Waals surface area contributed by atoms with E-state index < -0.39 is 12.7 Å². The molecule has 1 aromatic heterocycles. The number of anilines is 1. The molecule has 114 valence electrons. The first kappa shape index (κ1) is 15.6. The molecule has 1 aliphatic rings. The van der Waals surface area contributed by atoms with Gasteiger partial charge < -0.3 is 10.2 Å². The first-order valence-electron chi connectivity index (χ1n) is 6.90. The normalized spacial score (nSPS) is 15.7. The van der Waals surface area contributed by atoms with Crippen LogP contribution < -0.4 is 10.2 Å². The van der Waals surface area contributed by atoms with Crippen LogP contribution in [0.1, 0.15) is 42.7 Å². The SMILES string of the molecule is CCCN(CC(F)(F)F)c1nc(C2CC2)c(CNC)s1. The molecule has 0 unspecified atom stereocenters. The summed E-state index contributed by atoms with van der Waals surface area (Å²) in [6, 6.07) is 0. The Bertz CT molecular complexity index is 441. The molecule has 0 aliphatic heterocycles. The molecule has 0 spiro atoms. The van der Waals surface area contributed by atoms with Crippen molar-refractivity contribution in [3.63, 3.8) is 0 Å². The van der Waals surface area contributed by atoms with Gasteiger partial charge in [-0.25, -0.2) is 4.98 Å². The molecule has 3 nitrogen and oxygen atoms in total. The van der Waals surface area contributed by atoms with Gasteiger partial charge in [0.15, 0.2) is 5.13 Å². The lowest BCUT2D eigenvalue weighted by molar-refractivity contribution is -0.119. The average molecular weight is 307 g/mol. The van der Waals surface area contributed by atoms with Crippen LogP contribution in [0.5, 0.6) is 0 Å². The highest BCUT2D eigenvalue weighted by Gasteiger charge is 2.34. The Morgan fingerprint density at radius 1 is 1.40 bits per heavy atom. The van der Waals surface area contributed by atoms with Crippen molar-refractivity contribution in [3.8, 4) is 0 Å². The van der Waals surface area contributed by atoms with Gasteiger partial charge in [0.25, 0.3) is 0 Å². The van der Waals surface area contributed by atoms with Crippen LogP contribution in [0.25, 0.3) is 0 Å². The maximum atomic E-state index is 12.7. The monoisotopic (exact) mass is 307 g/mol. The summed E-state index contributed by atoms with van der Waals surface area (Å²) in [5, 5.41) is 3.58. The Morgan fingerprint density at radius 3 is 2.60 bits per heavy atom. The van der Waals surface area contributed by atoms with Gasteiger partial charge in [-0.2, -0.15) is 13.2 Å². The molecule has 2 rings (SSSR count). The average Bonchev–Trinajstić information content (AvgIpc) is 3.10. The van der Waals surface area contributed by atoms with E-state index in [4.69, 9.17) is 0 Å². The van der Waals surface area contributed by atoms with Crippen molar-refractivity contribution in [1.82, 2.24) is 10.3 Å². The lowest BCUT2D eigenvalue weighted by atomic mass is 10.2. The summed E-state index contributed by atoms with van der Waals surface area (Å²) in [4.78, 5) is 6.93. The van der Waals surface area contributed by atoms with E-state index in [0.29, 0.717) is 30.6 Å². The van der Waals surface area contributed by atoms with Crippen LogP contribution in [0.15, 0.2) is 0 Å². The van der Waals surface area contributed by atoms with Crippen molar-refractivity contribution in [3.05, 3.63) is 10.6 Å². The smallest absolute Gasteiger partial charge is 0.339 e. The molecule has 0 amide bonds. The Balaban J connectivity index is 2.21. The van der Waals surface area contributed by atoms with Crippen molar-refractivity contribution in [2.45, 2.75) is 44.8 Å². The van der Waals surface area contributed by atoms with Crippen molar-refractivity contribution >= 4 is 16.5 Å². The molecule has 0 radical (unpaired) electrons. The van der Waals surface area contributed by atoms with Gasteiger partial charge in [-0.1, -0.05) is 6.92 Å². The second kappa shape index (κ2) is 6.30. The van der Waals surface area contributed by atoms with E-state index in [2.05, 4.69) is 10.3 Å². The highest BCUT2D eigenvalue weighted by atomic mass is 32.1. The predicted molar refractivity (Wildman–Crippen MR) is 75.4 cm³/mol.